The zero-order chi connectivity index (χ0) is 13.2. The summed E-state index contributed by atoms with van der Waals surface area (Å²) in [7, 11) is 0. The van der Waals surface area contributed by atoms with Crippen LogP contribution in [0.5, 0.6) is 0 Å². The molecule has 0 fully saturated rings. The van der Waals surface area contributed by atoms with Crippen molar-refractivity contribution in [2.75, 3.05) is 6.54 Å². The first-order valence-electron chi connectivity index (χ1n) is 6.08. The van der Waals surface area contributed by atoms with Crippen LogP contribution >= 0.6 is 0 Å². The van der Waals surface area contributed by atoms with Crippen molar-refractivity contribution >= 4 is 12.6 Å². The number of rotatable bonds is 7. The van der Waals surface area contributed by atoms with Gasteiger partial charge in [-0.15, -0.1) is 0 Å². The molecule has 1 rings (SSSR count). The SMILES string of the molecule is C=NOC(=NCCC)C(C)NCc1ccccn1. The summed E-state index contributed by atoms with van der Waals surface area (Å²) < 4.78 is 0. The molecule has 0 saturated carbocycles. The zero-order valence-corrected chi connectivity index (χ0v) is 11.0. The van der Waals surface area contributed by atoms with Crippen molar-refractivity contribution in [3.05, 3.63) is 30.1 Å². The van der Waals surface area contributed by atoms with E-state index in [1.54, 1.807) is 6.20 Å². The summed E-state index contributed by atoms with van der Waals surface area (Å²) >= 11 is 0. The molecule has 18 heavy (non-hydrogen) atoms. The summed E-state index contributed by atoms with van der Waals surface area (Å²) in [5, 5.41) is 6.72. The Balaban J connectivity index is 2.51. The fourth-order valence-corrected chi connectivity index (χ4v) is 1.38. The van der Waals surface area contributed by atoms with Gasteiger partial charge in [-0.25, -0.2) is 0 Å². The summed E-state index contributed by atoms with van der Waals surface area (Å²) in [5.74, 6) is 0.558. The minimum atomic E-state index is -0.0240. The Morgan fingerprint density at radius 3 is 3.00 bits per heavy atom. The molecular formula is C13H20N4O. The summed E-state index contributed by atoms with van der Waals surface area (Å²) in [6, 6.07) is 5.80. The lowest BCUT2D eigenvalue weighted by molar-refractivity contribution is 0.308. The molecular weight excluding hydrogens is 228 g/mol. The molecule has 0 bridgehead atoms. The quantitative estimate of drug-likeness (QED) is 0.456. The number of nitrogens with zero attached hydrogens (tertiary/aromatic N) is 3. The predicted octanol–water partition coefficient (Wildman–Crippen LogP) is 2.00. The second-order valence-electron chi connectivity index (χ2n) is 3.86. The van der Waals surface area contributed by atoms with E-state index in [1.807, 2.05) is 25.1 Å². The molecule has 1 heterocycles. The van der Waals surface area contributed by atoms with Gasteiger partial charge >= 0.3 is 0 Å². The van der Waals surface area contributed by atoms with E-state index in [0.29, 0.717) is 12.4 Å². The first kappa shape index (κ1) is 14.3. The van der Waals surface area contributed by atoms with Crippen LogP contribution in [0, 0.1) is 0 Å². The maximum atomic E-state index is 5.08. The summed E-state index contributed by atoms with van der Waals surface area (Å²) in [6.45, 7) is 8.74. The third kappa shape index (κ3) is 5.05. The van der Waals surface area contributed by atoms with Gasteiger partial charge in [-0.05, 0) is 25.5 Å². The normalized spacial score (nSPS) is 13.1. The molecule has 1 atom stereocenters. The molecule has 0 aromatic carbocycles. The third-order valence-corrected chi connectivity index (χ3v) is 2.34. The number of hydrogen-bond acceptors (Lipinski definition) is 5. The van der Waals surface area contributed by atoms with E-state index in [2.05, 4.69) is 34.1 Å². The van der Waals surface area contributed by atoms with Crippen LogP contribution in [0.15, 0.2) is 34.5 Å². The largest absolute Gasteiger partial charge is 0.341 e. The lowest BCUT2D eigenvalue weighted by Gasteiger charge is -2.13. The molecule has 0 radical (unpaired) electrons. The van der Waals surface area contributed by atoms with Crippen molar-refractivity contribution in [1.29, 1.82) is 0 Å². The van der Waals surface area contributed by atoms with E-state index < -0.39 is 0 Å². The zero-order valence-electron chi connectivity index (χ0n) is 11.0. The number of oxime groups is 1. The standard InChI is InChI=1S/C13H20N4O/c1-4-8-16-13(18-14-3)11(2)17-10-12-7-5-6-9-15-12/h5-7,9,11,17H,3-4,8,10H2,1-2H3. The summed E-state index contributed by atoms with van der Waals surface area (Å²) in [5.41, 5.74) is 0.978. The van der Waals surface area contributed by atoms with Gasteiger partial charge in [0.15, 0.2) is 0 Å². The van der Waals surface area contributed by atoms with Gasteiger partial charge in [0.1, 0.15) is 0 Å². The molecule has 5 heteroatoms. The predicted molar refractivity (Wildman–Crippen MR) is 73.8 cm³/mol. The molecule has 1 aromatic heterocycles. The Hall–Kier alpha value is -1.75. The molecule has 98 valence electrons. The Morgan fingerprint density at radius 1 is 1.56 bits per heavy atom. The second-order valence-corrected chi connectivity index (χ2v) is 3.86. The molecule has 0 aliphatic carbocycles. The summed E-state index contributed by atoms with van der Waals surface area (Å²) in [6.07, 6.45) is 2.74. The van der Waals surface area contributed by atoms with E-state index in [0.717, 1.165) is 18.7 Å². The fraction of sp³-hybridized carbons (Fsp3) is 0.462. The molecule has 0 spiro atoms. The van der Waals surface area contributed by atoms with Crippen LogP contribution < -0.4 is 5.32 Å². The van der Waals surface area contributed by atoms with Gasteiger partial charge in [0, 0.05) is 26.0 Å². The Kier molecular flexibility index (Phi) is 6.64. The summed E-state index contributed by atoms with van der Waals surface area (Å²) in [4.78, 5) is 13.6. The third-order valence-electron chi connectivity index (χ3n) is 2.34. The molecule has 1 aromatic rings. The van der Waals surface area contributed by atoms with Crippen molar-refractivity contribution in [2.45, 2.75) is 32.9 Å². The number of hydrogen-bond donors (Lipinski definition) is 1. The van der Waals surface area contributed by atoms with E-state index in [1.165, 1.54) is 0 Å². The highest BCUT2D eigenvalue weighted by Gasteiger charge is 2.11. The van der Waals surface area contributed by atoms with Gasteiger partial charge in [0.05, 0.1) is 11.7 Å². The molecule has 0 saturated heterocycles. The van der Waals surface area contributed by atoms with Gasteiger partial charge in [-0.3, -0.25) is 9.98 Å². The lowest BCUT2D eigenvalue weighted by atomic mass is 10.3. The van der Waals surface area contributed by atoms with Crippen LogP contribution in [0.25, 0.3) is 0 Å². The van der Waals surface area contributed by atoms with Crippen LogP contribution in [0.4, 0.5) is 0 Å². The molecule has 0 aliphatic heterocycles. The maximum Gasteiger partial charge on any atom is 0.236 e. The van der Waals surface area contributed by atoms with Gasteiger partial charge in [0.2, 0.25) is 5.90 Å². The number of aromatic nitrogens is 1. The van der Waals surface area contributed by atoms with Gasteiger partial charge < -0.3 is 10.2 Å². The van der Waals surface area contributed by atoms with Crippen molar-refractivity contribution in [1.82, 2.24) is 10.3 Å². The topological polar surface area (TPSA) is 58.9 Å². The number of aliphatic imine (C=N–C) groups is 1. The maximum absolute atomic E-state index is 5.08. The first-order valence-corrected chi connectivity index (χ1v) is 6.08. The minimum Gasteiger partial charge on any atom is -0.341 e. The highest BCUT2D eigenvalue weighted by Crippen LogP contribution is 1.98. The van der Waals surface area contributed by atoms with Crippen LogP contribution in [0.2, 0.25) is 0 Å². The number of pyridine rings is 1. The second kappa shape index (κ2) is 8.36. The van der Waals surface area contributed by atoms with Gasteiger partial charge in [0.25, 0.3) is 0 Å². The highest BCUT2D eigenvalue weighted by atomic mass is 16.6. The molecule has 5 nitrogen and oxygen atoms in total. The van der Waals surface area contributed by atoms with Crippen molar-refractivity contribution < 1.29 is 4.84 Å². The van der Waals surface area contributed by atoms with E-state index in [4.69, 9.17) is 4.84 Å². The number of nitrogens with one attached hydrogen (secondary N) is 1. The monoisotopic (exact) mass is 248 g/mol. The minimum absolute atomic E-state index is 0.0240. The van der Waals surface area contributed by atoms with Crippen molar-refractivity contribution in [3.8, 4) is 0 Å². The smallest absolute Gasteiger partial charge is 0.236 e. The Labute approximate surface area is 108 Å². The van der Waals surface area contributed by atoms with Gasteiger partial charge in [-0.2, -0.15) is 0 Å². The fourth-order valence-electron chi connectivity index (χ4n) is 1.38. The van der Waals surface area contributed by atoms with Crippen molar-refractivity contribution in [3.63, 3.8) is 0 Å². The van der Waals surface area contributed by atoms with E-state index in [9.17, 15) is 0 Å². The lowest BCUT2D eigenvalue weighted by Crippen LogP contribution is -2.34. The average molecular weight is 248 g/mol. The molecule has 0 amide bonds. The first-order chi connectivity index (χ1) is 8.77. The molecule has 0 aliphatic rings. The van der Waals surface area contributed by atoms with Crippen LogP contribution in [-0.2, 0) is 11.4 Å². The highest BCUT2D eigenvalue weighted by molar-refractivity contribution is 5.81. The van der Waals surface area contributed by atoms with Gasteiger partial charge in [-0.1, -0.05) is 18.1 Å². The van der Waals surface area contributed by atoms with Crippen LogP contribution in [0.1, 0.15) is 26.0 Å². The van der Waals surface area contributed by atoms with Crippen molar-refractivity contribution in [2.24, 2.45) is 10.1 Å². The Morgan fingerprint density at radius 2 is 2.39 bits per heavy atom. The Bertz CT molecular complexity index is 378. The van der Waals surface area contributed by atoms with Crippen LogP contribution in [0.3, 0.4) is 0 Å². The van der Waals surface area contributed by atoms with E-state index in [-0.39, 0.29) is 6.04 Å². The van der Waals surface area contributed by atoms with Crippen LogP contribution in [-0.4, -0.2) is 30.2 Å². The van der Waals surface area contributed by atoms with E-state index >= 15 is 0 Å². The molecule has 1 N–H and O–H groups in total. The molecule has 1 unspecified atom stereocenters. The average Bonchev–Trinajstić information content (AvgIpc) is 2.42.